The van der Waals surface area contributed by atoms with Crippen LogP contribution >= 0.6 is 0 Å². The van der Waals surface area contributed by atoms with Crippen molar-refractivity contribution in [2.24, 2.45) is 11.7 Å². The minimum absolute atomic E-state index is 0.167. The third-order valence-electron chi connectivity index (χ3n) is 2.68. The second kappa shape index (κ2) is 4.64. The van der Waals surface area contributed by atoms with Crippen LogP contribution in [0.25, 0.3) is 0 Å². The van der Waals surface area contributed by atoms with Gasteiger partial charge >= 0.3 is 6.03 Å². The standard InChI is InChI=1S/C10H21N3O/c1-8(2)13-5-4-12(10(13)14)7-9(3)6-11/h8-9H,4-7,11H2,1-3H3. The van der Waals surface area contributed by atoms with Crippen LogP contribution in [0.1, 0.15) is 20.8 Å². The first-order valence-corrected chi connectivity index (χ1v) is 5.32. The molecule has 1 atom stereocenters. The quantitative estimate of drug-likeness (QED) is 0.725. The number of nitrogens with zero attached hydrogens (tertiary/aromatic N) is 2. The van der Waals surface area contributed by atoms with Crippen molar-refractivity contribution in [1.29, 1.82) is 0 Å². The molecule has 2 N–H and O–H groups in total. The summed E-state index contributed by atoms with van der Waals surface area (Å²) in [5.41, 5.74) is 5.54. The van der Waals surface area contributed by atoms with Crippen LogP contribution in [0.5, 0.6) is 0 Å². The van der Waals surface area contributed by atoms with Gasteiger partial charge in [-0.1, -0.05) is 6.92 Å². The van der Waals surface area contributed by atoms with Crippen LogP contribution in [0.4, 0.5) is 4.79 Å². The molecule has 0 radical (unpaired) electrons. The molecular formula is C10H21N3O. The van der Waals surface area contributed by atoms with Crippen LogP contribution < -0.4 is 5.73 Å². The number of carbonyl (C=O) groups is 1. The Bertz CT molecular complexity index is 206. The molecule has 1 rings (SSSR count). The van der Waals surface area contributed by atoms with Gasteiger partial charge in [-0.05, 0) is 26.3 Å². The van der Waals surface area contributed by atoms with Crippen molar-refractivity contribution in [2.45, 2.75) is 26.8 Å². The number of carbonyl (C=O) groups excluding carboxylic acids is 1. The lowest BCUT2D eigenvalue weighted by Gasteiger charge is -2.23. The molecule has 0 aliphatic carbocycles. The lowest BCUT2D eigenvalue weighted by molar-refractivity contribution is 0.179. The molecule has 2 amide bonds. The molecule has 1 heterocycles. The third-order valence-corrected chi connectivity index (χ3v) is 2.68. The highest BCUT2D eigenvalue weighted by molar-refractivity contribution is 5.76. The molecule has 1 unspecified atom stereocenters. The van der Waals surface area contributed by atoms with E-state index in [-0.39, 0.29) is 6.03 Å². The third kappa shape index (κ3) is 2.38. The highest BCUT2D eigenvalue weighted by Gasteiger charge is 2.30. The van der Waals surface area contributed by atoms with Crippen LogP contribution in [0, 0.1) is 5.92 Å². The number of amides is 2. The number of urea groups is 1. The van der Waals surface area contributed by atoms with E-state index in [9.17, 15) is 4.79 Å². The van der Waals surface area contributed by atoms with Crippen LogP contribution in [0.15, 0.2) is 0 Å². The smallest absolute Gasteiger partial charge is 0.320 e. The van der Waals surface area contributed by atoms with Gasteiger partial charge in [0.1, 0.15) is 0 Å². The largest absolute Gasteiger partial charge is 0.330 e. The van der Waals surface area contributed by atoms with Crippen molar-refractivity contribution in [3.05, 3.63) is 0 Å². The fraction of sp³-hybridized carbons (Fsp3) is 0.900. The summed E-state index contributed by atoms with van der Waals surface area (Å²) in [7, 11) is 0. The second-order valence-corrected chi connectivity index (χ2v) is 4.36. The molecule has 1 aliphatic rings. The lowest BCUT2D eigenvalue weighted by Crippen LogP contribution is -2.38. The zero-order valence-corrected chi connectivity index (χ0v) is 9.36. The molecule has 0 saturated carbocycles. The van der Waals surface area contributed by atoms with Crippen molar-refractivity contribution >= 4 is 6.03 Å². The van der Waals surface area contributed by atoms with Crippen LogP contribution in [-0.2, 0) is 0 Å². The highest BCUT2D eigenvalue weighted by Crippen LogP contribution is 2.13. The Labute approximate surface area is 86.0 Å². The maximum absolute atomic E-state index is 11.8. The van der Waals surface area contributed by atoms with Crippen LogP contribution in [0.3, 0.4) is 0 Å². The zero-order chi connectivity index (χ0) is 10.7. The Morgan fingerprint density at radius 1 is 1.36 bits per heavy atom. The van der Waals surface area contributed by atoms with Crippen molar-refractivity contribution in [2.75, 3.05) is 26.2 Å². The van der Waals surface area contributed by atoms with Crippen molar-refractivity contribution < 1.29 is 4.79 Å². The fourth-order valence-corrected chi connectivity index (χ4v) is 1.70. The Morgan fingerprint density at radius 3 is 2.43 bits per heavy atom. The van der Waals surface area contributed by atoms with E-state index in [2.05, 4.69) is 6.92 Å². The van der Waals surface area contributed by atoms with Crippen molar-refractivity contribution in [1.82, 2.24) is 9.80 Å². The van der Waals surface area contributed by atoms with Crippen molar-refractivity contribution in [3.63, 3.8) is 0 Å². The van der Waals surface area contributed by atoms with E-state index in [1.165, 1.54) is 0 Å². The first-order chi connectivity index (χ1) is 6.56. The summed E-state index contributed by atoms with van der Waals surface area (Å²) in [6.45, 7) is 9.31. The van der Waals surface area contributed by atoms with E-state index in [0.29, 0.717) is 18.5 Å². The topological polar surface area (TPSA) is 49.6 Å². The summed E-state index contributed by atoms with van der Waals surface area (Å²) in [5, 5.41) is 0. The predicted octanol–water partition coefficient (Wildman–Crippen LogP) is 0.727. The molecule has 0 aromatic heterocycles. The average Bonchev–Trinajstić information content (AvgIpc) is 2.48. The van der Waals surface area contributed by atoms with E-state index in [1.807, 2.05) is 23.6 Å². The SMILES string of the molecule is CC(CN)CN1CCN(C(C)C)C1=O. The van der Waals surface area contributed by atoms with Gasteiger partial charge in [0.05, 0.1) is 0 Å². The molecule has 4 nitrogen and oxygen atoms in total. The normalized spacial score (nSPS) is 19.6. The fourth-order valence-electron chi connectivity index (χ4n) is 1.70. The Morgan fingerprint density at radius 2 is 2.00 bits per heavy atom. The molecule has 4 heteroatoms. The molecule has 1 fully saturated rings. The zero-order valence-electron chi connectivity index (χ0n) is 9.36. The summed E-state index contributed by atoms with van der Waals surface area (Å²) in [6.07, 6.45) is 0. The van der Waals surface area contributed by atoms with Gasteiger partial charge in [-0.15, -0.1) is 0 Å². The van der Waals surface area contributed by atoms with Crippen LogP contribution in [-0.4, -0.2) is 48.1 Å². The molecular weight excluding hydrogens is 178 g/mol. The lowest BCUT2D eigenvalue weighted by atomic mass is 10.2. The summed E-state index contributed by atoms with van der Waals surface area (Å²) < 4.78 is 0. The van der Waals surface area contributed by atoms with E-state index in [1.54, 1.807) is 0 Å². The number of nitrogens with two attached hydrogens (primary N) is 1. The maximum atomic E-state index is 11.8. The summed E-state index contributed by atoms with van der Waals surface area (Å²) in [5.74, 6) is 0.395. The molecule has 0 aromatic rings. The molecule has 82 valence electrons. The van der Waals surface area contributed by atoms with Gasteiger partial charge in [-0.3, -0.25) is 0 Å². The first kappa shape index (κ1) is 11.3. The molecule has 1 saturated heterocycles. The summed E-state index contributed by atoms with van der Waals surface area (Å²) >= 11 is 0. The van der Waals surface area contributed by atoms with Gasteiger partial charge in [0.2, 0.25) is 0 Å². The second-order valence-electron chi connectivity index (χ2n) is 4.36. The van der Waals surface area contributed by atoms with Crippen LogP contribution in [0.2, 0.25) is 0 Å². The minimum Gasteiger partial charge on any atom is -0.330 e. The van der Waals surface area contributed by atoms with Gasteiger partial charge < -0.3 is 15.5 Å². The van der Waals surface area contributed by atoms with Gasteiger partial charge in [0, 0.05) is 25.7 Å². The Hall–Kier alpha value is -0.770. The molecule has 0 spiro atoms. The van der Waals surface area contributed by atoms with Gasteiger partial charge in [-0.25, -0.2) is 4.79 Å². The van der Waals surface area contributed by atoms with E-state index in [4.69, 9.17) is 5.73 Å². The highest BCUT2D eigenvalue weighted by atomic mass is 16.2. The first-order valence-electron chi connectivity index (χ1n) is 5.32. The monoisotopic (exact) mass is 199 g/mol. The van der Waals surface area contributed by atoms with E-state index < -0.39 is 0 Å². The summed E-state index contributed by atoms with van der Waals surface area (Å²) in [6, 6.07) is 0.473. The molecule has 1 aliphatic heterocycles. The minimum atomic E-state index is 0.167. The van der Waals surface area contributed by atoms with E-state index in [0.717, 1.165) is 19.6 Å². The van der Waals surface area contributed by atoms with E-state index >= 15 is 0 Å². The number of hydrogen-bond donors (Lipinski definition) is 1. The summed E-state index contributed by atoms with van der Waals surface area (Å²) in [4.78, 5) is 15.6. The molecule has 14 heavy (non-hydrogen) atoms. The molecule has 0 bridgehead atoms. The Kier molecular flexibility index (Phi) is 3.75. The maximum Gasteiger partial charge on any atom is 0.320 e. The Balaban J connectivity index is 2.47. The number of hydrogen-bond acceptors (Lipinski definition) is 2. The van der Waals surface area contributed by atoms with Gasteiger partial charge in [0.15, 0.2) is 0 Å². The predicted molar refractivity (Wildman–Crippen MR) is 57.0 cm³/mol. The van der Waals surface area contributed by atoms with Crippen molar-refractivity contribution in [3.8, 4) is 0 Å². The van der Waals surface area contributed by atoms with Gasteiger partial charge in [0.25, 0.3) is 0 Å². The average molecular weight is 199 g/mol. The molecule has 0 aromatic carbocycles. The van der Waals surface area contributed by atoms with Gasteiger partial charge in [-0.2, -0.15) is 0 Å². The number of rotatable bonds is 4.